The second-order valence-corrected chi connectivity index (χ2v) is 4.56. The maximum absolute atomic E-state index is 12.0. The molecule has 0 radical (unpaired) electrons. The zero-order chi connectivity index (χ0) is 16.0. The van der Waals surface area contributed by atoms with E-state index in [1.165, 1.54) is 26.2 Å². The van der Waals surface area contributed by atoms with Gasteiger partial charge in [-0.2, -0.15) is 0 Å². The van der Waals surface area contributed by atoms with E-state index in [1.54, 1.807) is 6.07 Å². The molecule has 0 saturated heterocycles. The summed E-state index contributed by atoms with van der Waals surface area (Å²) in [4.78, 5) is 33.7. The highest BCUT2D eigenvalue weighted by molar-refractivity contribution is 6.34. The number of carboxylic acid groups (broad SMARTS) is 1. The molecule has 0 bridgehead atoms. The lowest BCUT2D eigenvalue weighted by molar-refractivity contribution is -0.148. The molecule has 1 aromatic carbocycles. The Bertz CT molecular complexity index is 561. The molecule has 114 valence electrons. The second-order valence-electron chi connectivity index (χ2n) is 4.15. The third-order valence-electron chi connectivity index (χ3n) is 2.54. The lowest BCUT2D eigenvalue weighted by atomic mass is 10.1. The summed E-state index contributed by atoms with van der Waals surface area (Å²) in [5.74, 6) is -2.03. The summed E-state index contributed by atoms with van der Waals surface area (Å²) in [6, 6.07) is 4.42. The lowest BCUT2D eigenvalue weighted by Crippen LogP contribution is -2.37. The molecule has 0 aliphatic carbocycles. The van der Waals surface area contributed by atoms with Gasteiger partial charge in [0.05, 0.1) is 17.1 Å². The molecular formula is C13H15ClN2O5. The molecule has 2 amide bonds. The minimum Gasteiger partial charge on any atom is -0.479 e. The average Bonchev–Trinajstić information content (AvgIpc) is 2.40. The summed E-state index contributed by atoms with van der Waals surface area (Å²) in [5, 5.41) is 13.9. The molecule has 3 N–H and O–H groups in total. The van der Waals surface area contributed by atoms with Gasteiger partial charge in [0.25, 0.3) is 5.91 Å². The molecule has 0 heterocycles. The minimum absolute atomic E-state index is 0.128. The Kier molecular flexibility index (Phi) is 6.13. The van der Waals surface area contributed by atoms with Crippen molar-refractivity contribution < 1.29 is 24.2 Å². The zero-order valence-electron chi connectivity index (χ0n) is 11.5. The fourth-order valence-corrected chi connectivity index (χ4v) is 1.74. The average molecular weight is 315 g/mol. The number of rotatable bonds is 6. The third-order valence-corrected chi connectivity index (χ3v) is 2.87. The number of methoxy groups -OCH3 is 1. The summed E-state index contributed by atoms with van der Waals surface area (Å²) >= 11 is 5.92. The first kappa shape index (κ1) is 16.9. The van der Waals surface area contributed by atoms with Crippen LogP contribution in [0.25, 0.3) is 0 Å². The van der Waals surface area contributed by atoms with Crippen molar-refractivity contribution in [2.75, 3.05) is 19.0 Å². The van der Waals surface area contributed by atoms with E-state index in [9.17, 15) is 14.4 Å². The van der Waals surface area contributed by atoms with Crippen molar-refractivity contribution >= 4 is 35.1 Å². The van der Waals surface area contributed by atoms with Crippen molar-refractivity contribution in [1.29, 1.82) is 0 Å². The normalized spacial score (nSPS) is 11.6. The van der Waals surface area contributed by atoms with E-state index in [0.717, 1.165) is 0 Å². The molecule has 1 aromatic rings. The van der Waals surface area contributed by atoms with Gasteiger partial charge >= 0.3 is 5.97 Å². The molecule has 1 atom stereocenters. The number of carbonyl (C=O) groups excluding carboxylic acids is 2. The molecule has 0 aliphatic rings. The zero-order valence-corrected chi connectivity index (χ0v) is 12.2. The molecule has 21 heavy (non-hydrogen) atoms. The maximum atomic E-state index is 12.0. The number of benzene rings is 1. The second kappa shape index (κ2) is 7.61. The first-order valence-corrected chi connectivity index (χ1v) is 6.34. The Labute approximate surface area is 126 Å². The molecule has 0 aromatic heterocycles. The Balaban J connectivity index is 2.81. The van der Waals surface area contributed by atoms with Crippen LogP contribution in [0.5, 0.6) is 0 Å². The Hall–Kier alpha value is -2.12. The molecular weight excluding hydrogens is 300 g/mol. The number of hydrogen-bond donors (Lipinski definition) is 3. The molecule has 0 fully saturated rings. The first-order valence-electron chi connectivity index (χ1n) is 5.96. The smallest absolute Gasteiger partial charge is 0.334 e. The summed E-state index contributed by atoms with van der Waals surface area (Å²) < 4.78 is 4.70. The highest BCUT2D eigenvalue weighted by atomic mass is 35.5. The van der Waals surface area contributed by atoms with E-state index in [0.29, 0.717) is 5.69 Å². The van der Waals surface area contributed by atoms with E-state index >= 15 is 0 Å². The number of nitrogens with one attached hydrogen (secondary N) is 2. The van der Waals surface area contributed by atoms with Gasteiger partial charge in [-0.05, 0) is 18.2 Å². The van der Waals surface area contributed by atoms with Crippen LogP contribution in [-0.2, 0) is 14.3 Å². The molecule has 8 heteroatoms. The van der Waals surface area contributed by atoms with Crippen LogP contribution in [0.1, 0.15) is 17.3 Å². The van der Waals surface area contributed by atoms with Gasteiger partial charge in [-0.3, -0.25) is 9.59 Å². The van der Waals surface area contributed by atoms with Crippen molar-refractivity contribution in [2.24, 2.45) is 0 Å². The Morgan fingerprint density at radius 1 is 1.38 bits per heavy atom. The van der Waals surface area contributed by atoms with Crippen LogP contribution in [-0.4, -0.2) is 42.6 Å². The number of hydrogen-bond acceptors (Lipinski definition) is 4. The molecule has 7 nitrogen and oxygen atoms in total. The quantitative estimate of drug-likeness (QED) is 0.730. The van der Waals surface area contributed by atoms with Crippen molar-refractivity contribution in [3.8, 4) is 0 Å². The Morgan fingerprint density at radius 3 is 2.57 bits per heavy atom. The van der Waals surface area contributed by atoms with Gasteiger partial charge in [-0.25, -0.2) is 4.79 Å². The minimum atomic E-state index is -1.18. The van der Waals surface area contributed by atoms with Gasteiger partial charge in [0.15, 0.2) is 6.10 Å². The van der Waals surface area contributed by atoms with Crippen LogP contribution in [0.4, 0.5) is 5.69 Å². The lowest BCUT2D eigenvalue weighted by Gasteiger charge is -2.13. The van der Waals surface area contributed by atoms with Gasteiger partial charge < -0.3 is 20.5 Å². The molecule has 0 saturated carbocycles. The summed E-state index contributed by atoms with van der Waals surface area (Å²) in [7, 11) is 1.23. The van der Waals surface area contributed by atoms with E-state index in [-0.39, 0.29) is 23.0 Å². The third kappa shape index (κ3) is 5.05. The van der Waals surface area contributed by atoms with Crippen LogP contribution < -0.4 is 10.6 Å². The predicted octanol–water partition coefficient (Wildman–Crippen LogP) is 1.13. The first-order chi connectivity index (χ1) is 9.85. The summed E-state index contributed by atoms with van der Waals surface area (Å²) in [6.45, 7) is 1.13. The number of amides is 2. The van der Waals surface area contributed by atoms with Crippen molar-refractivity contribution in [3.63, 3.8) is 0 Å². The van der Waals surface area contributed by atoms with Gasteiger partial charge in [0.1, 0.15) is 0 Å². The fourth-order valence-electron chi connectivity index (χ4n) is 1.53. The van der Waals surface area contributed by atoms with Gasteiger partial charge in [-0.1, -0.05) is 11.6 Å². The number of carboxylic acids is 1. The number of aliphatic carboxylic acids is 1. The number of halogens is 1. The van der Waals surface area contributed by atoms with Gasteiger partial charge in [-0.15, -0.1) is 0 Å². The largest absolute Gasteiger partial charge is 0.479 e. The van der Waals surface area contributed by atoms with E-state index in [2.05, 4.69) is 10.6 Å². The van der Waals surface area contributed by atoms with E-state index < -0.39 is 18.0 Å². The van der Waals surface area contributed by atoms with Crippen LogP contribution in [0.2, 0.25) is 5.02 Å². The molecule has 0 aliphatic heterocycles. The number of ether oxygens (including phenoxy) is 1. The van der Waals surface area contributed by atoms with E-state index in [4.69, 9.17) is 21.4 Å². The van der Waals surface area contributed by atoms with Crippen molar-refractivity contribution in [3.05, 3.63) is 28.8 Å². The predicted molar refractivity (Wildman–Crippen MR) is 76.5 cm³/mol. The fraction of sp³-hybridized carbons (Fsp3) is 0.308. The molecule has 1 unspecified atom stereocenters. The van der Waals surface area contributed by atoms with Gasteiger partial charge in [0, 0.05) is 19.7 Å². The number of carbonyl (C=O) groups is 3. The van der Waals surface area contributed by atoms with Gasteiger partial charge in [0.2, 0.25) is 5.91 Å². The SMILES string of the molecule is COC(CNC(=O)c1cc(NC(C)=O)ccc1Cl)C(=O)O. The van der Waals surface area contributed by atoms with Crippen molar-refractivity contribution in [2.45, 2.75) is 13.0 Å². The number of anilines is 1. The monoisotopic (exact) mass is 314 g/mol. The van der Waals surface area contributed by atoms with Crippen LogP contribution >= 0.6 is 11.6 Å². The van der Waals surface area contributed by atoms with Crippen LogP contribution in [0, 0.1) is 0 Å². The van der Waals surface area contributed by atoms with Crippen LogP contribution in [0.15, 0.2) is 18.2 Å². The summed E-state index contributed by atoms with van der Waals surface area (Å²) in [5.41, 5.74) is 0.543. The topological polar surface area (TPSA) is 105 Å². The summed E-state index contributed by atoms with van der Waals surface area (Å²) in [6.07, 6.45) is -1.15. The van der Waals surface area contributed by atoms with Crippen LogP contribution in [0.3, 0.4) is 0 Å². The highest BCUT2D eigenvalue weighted by Crippen LogP contribution is 2.20. The van der Waals surface area contributed by atoms with Crippen molar-refractivity contribution in [1.82, 2.24) is 5.32 Å². The maximum Gasteiger partial charge on any atom is 0.334 e. The Morgan fingerprint density at radius 2 is 2.05 bits per heavy atom. The molecule has 0 spiro atoms. The molecule has 1 rings (SSSR count). The van der Waals surface area contributed by atoms with E-state index in [1.807, 2.05) is 0 Å². The highest BCUT2D eigenvalue weighted by Gasteiger charge is 2.19. The standard InChI is InChI=1S/C13H15ClN2O5/c1-7(17)16-8-3-4-10(14)9(5-8)12(18)15-6-11(21-2)13(19)20/h3-5,11H,6H2,1-2H3,(H,15,18)(H,16,17)(H,19,20).